The zero-order chi connectivity index (χ0) is 17.5. The van der Waals surface area contributed by atoms with Crippen molar-refractivity contribution in [3.8, 4) is 11.8 Å². The molecule has 2 heterocycles. The number of para-hydroxylation sites is 1. The van der Waals surface area contributed by atoms with Gasteiger partial charge in [-0.25, -0.2) is 4.98 Å². The van der Waals surface area contributed by atoms with Gasteiger partial charge in [-0.15, -0.1) is 0 Å². The molecule has 1 unspecified atom stereocenters. The molecule has 7 heteroatoms. The van der Waals surface area contributed by atoms with E-state index in [1.165, 1.54) is 12.8 Å². The van der Waals surface area contributed by atoms with Gasteiger partial charge in [-0.05, 0) is 31.5 Å². The van der Waals surface area contributed by atoms with Crippen LogP contribution in [0.25, 0.3) is 0 Å². The zero-order valence-corrected chi connectivity index (χ0v) is 14.4. The van der Waals surface area contributed by atoms with Gasteiger partial charge >= 0.3 is 0 Å². The molecule has 0 radical (unpaired) electrons. The molecule has 1 aromatic carbocycles. The van der Waals surface area contributed by atoms with Crippen molar-refractivity contribution in [2.24, 2.45) is 0 Å². The van der Waals surface area contributed by atoms with Crippen LogP contribution in [0.2, 0.25) is 0 Å². The Kier molecular flexibility index (Phi) is 5.99. The predicted octanol–water partition coefficient (Wildman–Crippen LogP) is 2.43. The molecule has 0 amide bonds. The Labute approximate surface area is 147 Å². The average Bonchev–Trinajstić information content (AvgIpc) is 3.11. The maximum Gasteiger partial charge on any atom is 0.167 e. The van der Waals surface area contributed by atoms with Crippen molar-refractivity contribution in [2.75, 3.05) is 26.8 Å². The summed E-state index contributed by atoms with van der Waals surface area (Å²) in [5.74, 6) is 2.21. The van der Waals surface area contributed by atoms with Gasteiger partial charge in [0.15, 0.2) is 11.6 Å². The molecular weight excluding hydrogens is 318 g/mol. The number of nitrogens with one attached hydrogen (secondary N) is 1. The van der Waals surface area contributed by atoms with Crippen molar-refractivity contribution in [3.63, 3.8) is 0 Å². The van der Waals surface area contributed by atoms with E-state index in [1.54, 1.807) is 13.2 Å². The summed E-state index contributed by atoms with van der Waals surface area (Å²) in [7, 11) is 1.64. The van der Waals surface area contributed by atoms with Crippen molar-refractivity contribution < 1.29 is 9.47 Å². The molecule has 0 bridgehead atoms. The lowest BCUT2D eigenvalue weighted by Gasteiger charge is -2.33. The topological polar surface area (TPSA) is 87.1 Å². The number of ether oxygens (including phenoxy) is 2. The van der Waals surface area contributed by atoms with Crippen LogP contribution in [-0.2, 0) is 11.3 Å². The number of methoxy groups -OCH3 is 1. The van der Waals surface area contributed by atoms with Crippen molar-refractivity contribution in [2.45, 2.75) is 31.9 Å². The number of hydrogen-bond donors (Lipinski definition) is 1. The summed E-state index contributed by atoms with van der Waals surface area (Å²) in [5, 5.41) is 16.4. The van der Waals surface area contributed by atoms with E-state index in [0.29, 0.717) is 24.5 Å². The third-order valence-electron chi connectivity index (χ3n) is 4.39. The highest BCUT2D eigenvalue weighted by atomic mass is 16.5. The molecule has 132 valence electrons. The number of H-pyrrole nitrogens is 1. The van der Waals surface area contributed by atoms with Crippen LogP contribution < -0.4 is 4.74 Å². The minimum absolute atomic E-state index is 0.199. The molecule has 25 heavy (non-hydrogen) atoms. The number of likely N-dealkylation sites (tertiary alicyclic amines) is 1. The van der Waals surface area contributed by atoms with Gasteiger partial charge in [-0.1, -0.05) is 18.6 Å². The molecule has 1 saturated heterocycles. The van der Waals surface area contributed by atoms with E-state index >= 15 is 0 Å². The summed E-state index contributed by atoms with van der Waals surface area (Å²) in [6.45, 7) is 2.75. The zero-order valence-electron chi connectivity index (χ0n) is 14.4. The van der Waals surface area contributed by atoms with E-state index in [4.69, 9.17) is 14.7 Å². The monoisotopic (exact) mass is 341 g/mol. The lowest BCUT2D eigenvalue weighted by Crippen LogP contribution is -2.37. The molecule has 0 saturated carbocycles. The first-order valence-corrected chi connectivity index (χ1v) is 8.58. The van der Waals surface area contributed by atoms with Crippen LogP contribution in [0, 0.1) is 11.3 Å². The van der Waals surface area contributed by atoms with Gasteiger partial charge in [0.05, 0.1) is 11.6 Å². The minimum atomic E-state index is 0.199. The lowest BCUT2D eigenvalue weighted by molar-refractivity contribution is 0.118. The first-order valence-electron chi connectivity index (χ1n) is 8.58. The molecule has 1 aliphatic heterocycles. The molecule has 0 spiro atoms. The minimum Gasteiger partial charge on any atom is -0.491 e. The first kappa shape index (κ1) is 17.4. The highest BCUT2D eigenvalue weighted by Crippen LogP contribution is 2.28. The Morgan fingerprint density at radius 3 is 3.08 bits per heavy atom. The number of hydrogen-bond acceptors (Lipinski definition) is 6. The lowest BCUT2D eigenvalue weighted by atomic mass is 10.0. The quantitative estimate of drug-likeness (QED) is 0.832. The highest BCUT2D eigenvalue weighted by Gasteiger charge is 2.27. The van der Waals surface area contributed by atoms with Gasteiger partial charge in [0, 0.05) is 13.7 Å². The second-order valence-electron chi connectivity index (χ2n) is 6.08. The number of piperidine rings is 1. The Morgan fingerprint density at radius 1 is 1.36 bits per heavy atom. The molecule has 2 aromatic rings. The maximum atomic E-state index is 9.13. The molecule has 3 rings (SSSR count). The van der Waals surface area contributed by atoms with Crippen molar-refractivity contribution in [1.29, 1.82) is 5.26 Å². The smallest absolute Gasteiger partial charge is 0.167 e. The standard InChI is InChI=1S/C18H23N5O2/c1-24-13-17-20-18(22-21-17)15-7-4-5-9-23(15)10-11-25-16-8-3-2-6-14(16)12-19/h2-3,6,8,15H,4-5,7,9-11,13H2,1H3,(H,20,21,22). The van der Waals surface area contributed by atoms with Crippen LogP contribution in [0.3, 0.4) is 0 Å². The number of benzene rings is 1. The molecular formula is C18H23N5O2. The Morgan fingerprint density at radius 2 is 2.24 bits per heavy atom. The second kappa shape index (κ2) is 8.60. The highest BCUT2D eigenvalue weighted by molar-refractivity contribution is 5.42. The van der Waals surface area contributed by atoms with Gasteiger partial charge in [0.25, 0.3) is 0 Å². The van der Waals surface area contributed by atoms with E-state index in [0.717, 1.165) is 31.2 Å². The fraction of sp³-hybridized carbons (Fsp3) is 0.500. The van der Waals surface area contributed by atoms with Crippen LogP contribution >= 0.6 is 0 Å². The third kappa shape index (κ3) is 4.35. The van der Waals surface area contributed by atoms with Crippen LogP contribution in [0.5, 0.6) is 5.75 Å². The van der Waals surface area contributed by atoms with Crippen molar-refractivity contribution in [1.82, 2.24) is 20.1 Å². The molecule has 1 atom stereocenters. The van der Waals surface area contributed by atoms with Gasteiger partial charge in [-0.2, -0.15) is 10.4 Å². The van der Waals surface area contributed by atoms with Gasteiger partial charge < -0.3 is 9.47 Å². The normalized spacial score (nSPS) is 18.0. The molecule has 1 aromatic heterocycles. The van der Waals surface area contributed by atoms with Crippen LogP contribution in [0.1, 0.15) is 42.5 Å². The van der Waals surface area contributed by atoms with E-state index in [9.17, 15) is 0 Å². The average molecular weight is 341 g/mol. The predicted molar refractivity (Wildman–Crippen MR) is 91.9 cm³/mol. The van der Waals surface area contributed by atoms with Crippen molar-refractivity contribution >= 4 is 0 Å². The Balaban J connectivity index is 1.60. The molecule has 1 N–H and O–H groups in total. The van der Waals surface area contributed by atoms with Crippen molar-refractivity contribution in [3.05, 3.63) is 41.5 Å². The first-order chi connectivity index (χ1) is 12.3. The summed E-state index contributed by atoms with van der Waals surface area (Å²) in [6, 6.07) is 9.68. The number of nitrogens with zero attached hydrogens (tertiary/aromatic N) is 4. The summed E-state index contributed by atoms with van der Waals surface area (Å²) >= 11 is 0. The SMILES string of the molecule is COCc1nc(C2CCCCN2CCOc2ccccc2C#N)n[nH]1. The largest absolute Gasteiger partial charge is 0.491 e. The fourth-order valence-corrected chi connectivity index (χ4v) is 3.17. The number of rotatable bonds is 7. The fourth-order valence-electron chi connectivity index (χ4n) is 3.17. The van der Waals surface area contributed by atoms with Gasteiger partial charge in [-0.3, -0.25) is 10.00 Å². The summed E-state index contributed by atoms with van der Waals surface area (Å²) in [6.07, 6.45) is 3.38. The number of nitriles is 1. The second-order valence-corrected chi connectivity index (χ2v) is 6.08. The molecule has 1 fully saturated rings. The van der Waals surface area contributed by atoms with Crippen LogP contribution in [-0.4, -0.2) is 46.9 Å². The Hall–Kier alpha value is -2.43. The summed E-state index contributed by atoms with van der Waals surface area (Å²) in [4.78, 5) is 6.91. The van der Waals surface area contributed by atoms with Gasteiger partial charge in [0.2, 0.25) is 0 Å². The molecule has 1 aliphatic rings. The van der Waals surface area contributed by atoms with E-state index < -0.39 is 0 Å². The summed E-state index contributed by atoms with van der Waals surface area (Å²) in [5.41, 5.74) is 0.566. The van der Waals surface area contributed by atoms with Crippen LogP contribution in [0.15, 0.2) is 24.3 Å². The van der Waals surface area contributed by atoms with E-state index in [2.05, 4.69) is 26.2 Å². The maximum absolute atomic E-state index is 9.13. The summed E-state index contributed by atoms with van der Waals surface area (Å²) < 4.78 is 10.9. The van der Waals surface area contributed by atoms with Crippen LogP contribution in [0.4, 0.5) is 0 Å². The Bertz CT molecular complexity index is 724. The molecule has 0 aliphatic carbocycles. The number of aromatic nitrogens is 3. The van der Waals surface area contributed by atoms with E-state index in [1.807, 2.05) is 18.2 Å². The number of aromatic amines is 1. The van der Waals surface area contributed by atoms with Gasteiger partial charge in [0.1, 0.15) is 25.0 Å². The van der Waals surface area contributed by atoms with E-state index in [-0.39, 0.29) is 6.04 Å². The third-order valence-corrected chi connectivity index (χ3v) is 4.39. The molecule has 7 nitrogen and oxygen atoms in total.